The summed E-state index contributed by atoms with van der Waals surface area (Å²) in [6.45, 7) is 6.18. The molecule has 0 radical (unpaired) electrons. The maximum atomic E-state index is 12.3. The molecule has 0 N–H and O–H groups in total. The summed E-state index contributed by atoms with van der Waals surface area (Å²) >= 11 is 1.55. The van der Waals surface area contributed by atoms with Crippen LogP contribution < -0.4 is 4.80 Å². The predicted octanol–water partition coefficient (Wildman–Crippen LogP) is 3.91. The monoisotopic (exact) mass is 310 g/mol. The minimum absolute atomic E-state index is 0.198. The number of hydrogen-bond acceptors (Lipinski definition) is 2. The quantitative estimate of drug-likeness (QED) is 0.671. The Kier molecular flexibility index (Phi) is 3.71. The van der Waals surface area contributed by atoms with Crippen LogP contribution in [0.2, 0.25) is 0 Å². The van der Waals surface area contributed by atoms with E-state index in [9.17, 15) is 4.79 Å². The lowest BCUT2D eigenvalue weighted by Crippen LogP contribution is -2.13. The van der Waals surface area contributed by atoms with Gasteiger partial charge in [0.2, 0.25) is 0 Å². The molecule has 3 nitrogen and oxygen atoms in total. The molecular weight excluding hydrogens is 292 g/mol. The SMILES string of the molecule is Cc1ccc(C(=O)N=c2sc3cc(C)cc(C)c3n2C)cc1. The zero-order valence-corrected chi connectivity index (χ0v) is 14.0. The highest BCUT2D eigenvalue weighted by Crippen LogP contribution is 2.22. The van der Waals surface area contributed by atoms with Crippen LogP contribution >= 0.6 is 11.3 Å². The largest absolute Gasteiger partial charge is 0.319 e. The number of hydrogen-bond donors (Lipinski definition) is 0. The van der Waals surface area contributed by atoms with Gasteiger partial charge in [-0.2, -0.15) is 4.99 Å². The summed E-state index contributed by atoms with van der Waals surface area (Å²) in [6.07, 6.45) is 0. The fraction of sp³-hybridized carbons (Fsp3) is 0.222. The molecule has 0 fully saturated rings. The molecule has 0 saturated heterocycles. The van der Waals surface area contributed by atoms with E-state index in [1.807, 2.05) is 42.8 Å². The first-order chi connectivity index (χ1) is 10.5. The molecule has 0 saturated carbocycles. The summed E-state index contributed by atoms with van der Waals surface area (Å²) < 4.78 is 3.16. The zero-order valence-electron chi connectivity index (χ0n) is 13.2. The molecule has 0 aliphatic carbocycles. The second-order valence-corrected chi connectivity index (χ2v) is 6.66. The third-order valence-electron chi connectivity index (χ3n) is 3.73. The molecule has 1 heterocycles. The highest BCUT2D eigenvalue weighted by Gasteiger charge is 2.09. The van der Waals surface area contributed by atoms with E-state index in [4.69, 9.17) is 0 Å². The van der Waals surface area contributed by atoms with E-state index in [2.05, 4.69) is 31.0 Å². The van der Waals surface area contributed by atoms with E-state index in [0.717, 1.165) is 20.6 Å². The standard InChI is InChI=1S/C18H18N2OS/c1-11-5-7-14(8-6-11)17(21)19-18-20(4)16-13(3)9-12(2)10-15(16)22-18/h5-10H,1-4H3. The van der Waals surface area contributed by atoms with Crippen molar-refractivity contribution in [1.82, 2.24) is 4.57 Å². The summed E-state index contributed by atoms with van der Waals surface area (Å²) in [4.78, 5) is 17.4. The highest BCUT2D eigenvalue weighted by molar-refractivity contribution is 7.16. The van der Waals surface area contributed by atoms with Crippen molar-refractivity contribution in [2.75, 3.05) is 0 Å². The van der Waals surface area contributed by atoms with Crippen LogP contribution in [0.25, 0.3) is 10.2 Å². The van der Waals surface area contributed by atoms with E-state index >= 15 is 0 Å². The van der Waals surface area contributed by atoms with Gasteiger partial charge in [0.25, 0.3) is 5.91 Å². The lowest BCUT2D eigenvalue weighted by molar-refractivity contribution is 0.0998. The van der Waals surface area contributed by atoms with Gasteiger partial charge >= 0.3 is 0 Å². The van der Waals surface area contributed by atoms with Crippen molar-refractivity contribution in [3.05, 3.63) is 63.5 Å². The Hall–Kier alpha value is -2.20. The van der Waals surface area contributed by atoms with Gasteiger partial charge in [-0.25, -0.2) is 0 Å². The number of benzene rings is 2. The lowest BCUT2D eigenvalue weighted by Gasteiger charge is -2.01. The Bertz CT molecular complexity index is 930. The molecule has 3 rings (SSSR count). The molecule has 4 heteroatoms. The Morgan fingerprint density at radius 1 is 1.05 bits per heavy atom. The average molecular weight is 310 g/mol. The number of aryl methyl sites for hydroxylation is 4. The number of aromatic nitrogens is 1. The van der Waals surface area contributed by atoms with Crippen molar-refractivity contribution in [3.63, 3.8) is 0 Å². The van der Waals surface area contributed by atoms with Gasteiger partial charge in [-0.3, -0.25) is 4.79 Å². The van der Waals surface area contributed by atoms with E-state index < -0.39 is 0 Å². The lowest BCUT2D eigenvalue weighted by atomic mass is 10.1. The third-order valence-corrected chi connectivity index (χ3v) is 4.81. The molecule has 0 bridgehead atoms. The van der Waals surface area contributed by atoms with Crippen molar-refractivity contribution in [2.24, 2.45) is 12.0 Å². The maximum Gasteiger partial charge on any atom is 0.279 e. The molecule has 112 valence electrons. The summed E-state index contributed by atoms with van der Waals surface area (Å²) in [5.74, 6) is -0.198. The summed E-state index contributed by atoms with van der Waals surface area (Å²) in [5.41, 5.74) is 5.33. The van der Waals surface area contributed by atoms with Crippen molar-refractivity contribution < 1.29 is 4.79 Å². The van der Waals surface area contributed by atoms with Gasteiger partial charge in [0.15, 0.2) is 4.80 Å². The van der Waals surface area contributed by atoms with Crippen molar-refractivity contribution in [1.29, 1.82) is 0 Å². The molecule has 1 aromatic heterocycles. The summed E-state index contributed by atoms with van der Waals surface area (Å²) in [5, 5.41) is 0. The maximum absolute atomic E-state index is 12.3. The normalized spacial score (nSPS) is 12.1. The summed E-state index contributed by atoms with van der Waals surface area (Å²) in [7, 11) is 1.96. The minimum Gasteiger partial charge on any atom is -0.319 e. The third kappa shape index (κ3) is 2.62. The number of amides is 1. The number of carbonyl (C=O) groups excluding carboxylic acids is 1. The van der Waals surface area contributed by atoms with Crippen LogP contribution in [-0.2, 0) is 7.05 Å². The van der Waals surface area contributed by atoms with Gasteiger partial charge in [-0.05, 0) is 50.1 Å². The van der Waals surface area contributed by atoms with Gasteiger partial charge < -0.3 is 4.57 Å². The Labute approximate surface area is 133 Å². The summed E-state index contributed by atoms with van der Waals surface area (Å²) in [6, 6.07) is 11.8. The number of rotatable bonds is 1. The second kappa shape index (κ2) is 5.54. The molecule has 22 heavy (non-hydrogen) atoms. The van der Waals surface area contributed by atoms with Crippen LogP contribution in [0, 0.1) is 20.8 Å². The van der Waals surface area contributed by atoms with Crippen LogP contribution in [0.4, 0.5) is 0 Å². The Morgan fingerprint density at radius 3 is 2.41 bits per heavy atom. The molecule has 3 aromatic rings. The number of fused-ring (bicyclic) bond motifs is 1. The fourth-order valence-electron chi connectivity index (χ4n) is 2.64. The molecule has 0 spiro atoms. The van der Waals surface area contributed by atoms with Crippen LogP contribution in [0.1, 0.15) is 27.0 Å². The minimum atomic E-state index is -0.198. The smallest absolute Gasteiger partial charge is 0.279 e. The second-order valence-electron chi connectivity index (χ2n) is 5.66. The van der Waals surface area contributed by atoms with E-state index in [-0.39, 0.29) is 5.91 Å². The molecule has 0 atom stereocenters. The number of thiazole rings is 1. The number of nitrogens with zero attached hydrogens (tertiary/aromatic N) is 2. The Morgan fingerprint density at radius 2 is 1.73 bits per heavy atom. The first-order valence-corrected chi connectivity index (χ1v) is 8.00. The molecule has 0 aliphatic heterocycles. The van der Waals surface area contributed by atoms with Crippen molar-refractivity contribution >= 4 is 27.5 Å². The van der Waals surface area contributed by atoms with Gasteiger partial charge in [-0.15, -0.1) is 0 Å². The molecule has 1 amide bonds. The van der Waals surface area contributed by atoms with Gasteiger partial charge in [-0.1, -0.05) is 35.1 Å². The molecule has 2 aromatic carbocycles. The van der Waals surface area contributed by atoms with E-state index in [1.54, 1.807) is 11.3 Å². The first kappa shape index (κ1) is 14.7. The highest BCUT2D eigenvalue weighted by atomic mass is 32.1. The van der Waals surface area contributed by atoms with E-state index in [0.29, 0.717) is 5.56 Å². The van der Waals surface area contributed by atoms with Gasteiger partial charge in [0.1, 0.15) is 0 Å². The van der Waals surface area contributed by atoms with Gasteiger partial charge in [0.05, 0.1) is 10.2 Å². The van der Waals surface area contributed by atoms with Gasteiger partial charge in [0, 0.05) is 12.6 Å². The van der Waals surface area contributed by atoms with Crippen LogP contribution in [0.15, 0.2) is 41.4 Å². The van der Waals surface area contributed by atoms with Crippen molar-refractivity contribution in [2.45, 2.75) is 20.8 Å². The van der Waals surface area contributed by atoms with E-state index in [1.165, 1.54) is 11.1 Å². The number of carbonyl (C=O) groups is 1. The van der Waals surface area contributed by atoms with Crippen LogP contribution in [0.3, 0.4) is 0 Å². The molecular formula is C18H18N2OS. The average Bonchev–Trinajstić information content (AvgIpc) is 2.75. The fourth-order valence-corrected chi connectivity index (χ4v) is 3.83. The first-order valence-electron chi connectivity index (χ1n) is 7.18. The van der Waals surface area contributed by atoms with Crippen molar-refractivity contribution in [3.8, 4) is 0 Å². The van der Waals surface area contributed by atoms with Crippen LogP contribution in [-0.4, -0.2) is 10.5 Å². The zero-order chi connectivity index (χ0) is 15.9. The topological polar surface area (TPSA) is 34.4 Å². The Balaban J connectivity index is 2.13. The molecule has 0 aliphatic rings. The molecule has 0 unspecified atom stereocenters. The van der Waals surface area contributed by atoms with Crippen LogP contribution in [0.5, 0.6) is 0 Å². The predicted molar refractivity (Wildman–Crippen MR) is 91.3 cm³/mol.